The number of halogens is 1. The van der Waals surface area contributed by atoms with Gasteiger partial charge in [-0.15, -0.1) is 11.3 Å². The van der Waals surface area contributed by atoms with Gasteiger partial charge in [0.15, 0.2) is 10.9 Å². The topological polar surface area (TPSA) is 74.1 Å². The minimum atomic E-state index is -0.695. The van der Waals surface area contributed by atoms with Crippen molar-refractivity contribution in [2.75, 3.05) is 4.90 Å². The number of ketones is 1. The monoisotopic (exact) mass is 371 g/mol. The zero-order valence-corrected chi connectivity index (χ0v) is 15.7. The van der Waals surface area contributed by atoms with Gasteiger partial charge in [0.05, 0.1) is 17.0 Å². The van der Waals surface area contributed by atoms with Crippen LogP contribution in [0.1, 0.15) is 33.4 Å². The van der Waals surface area contributed by atoms with Crippen LogP contribution in [-0.2, 0) is 9.59 Å². The van der Waals surface area contributed by atoms with Crippen molar-refractivity contribution in [3.63, 3.8) is 0 Å². The molecule has 26 heavy (non-hydrogen) atoms. The van der Waals surface area contributed by atoms with Gasteiger partial charge in [0.25, 0.3) is 0 Å². The molecule has 0 aliphatic carbocycles. The molecule has 1 amide bonds. The van der Waals surface area contributed by atoms with Crippen LogP contribution in [0.3, 0.4) is 0 Å². The maximum atomic E-state index is 14.1. The molecule has 5 nitrogen and oxygen atoms in total. The molecule has 0 spiro atoms. The molecule has 1 aromatic carbocycles. The third-order valence-electron chi connectivity index (χ3n) is 3.45. The Morgan fingerprint density at radius 3 is 2.50 bits per heavy atom. The number of carbonyl (C=O) groups is 2. The van der Waals surface area contributed by atoms with Crippen LogP contribution in [0.15, 0.2) is 35.2 Å². The molecule has 0 saturated carbocycles. The molecule has 0 atom stereocenters. The van der Waals surface area contributed by atoms with Crippen LogP contribution >= 0.6 is 11.3 Å². The number of rotatable bonds is 4. The molecule has 0 aliphatic rings. The van der Waals surface area contributed by atoms with Crippen molar-refractivity contribution in [2.24, 2.45) is 5.41 Å². The molecule has 2 rings (SSSR count). The summed E-state index contributed by atoms with van der Waals surface area (Å²) in [6.45, 7) is 6.49. The van der Waals surface area contributed by atoms with E-state index < -0.39 is 17.1 Å². The quantitative estimate of drug-likeness (QED) is 0.586. The first-order valence-electron chi connectivity index (χ1n) is 7.82. The lowest BCUT2D eigenvalue weighted by atomic mass is 9.86. The molecule has 0 bridgehead atoms. The number of hydrogen-bond donors (Lipinski definition) is 0. The number of para-hydroxylation sites is 1. The minimum Gasteiger partial charge on any atom is -0.293 e. The number of thiazole rings is 1. The normalized spacial score (nSPS) is 11.8. The first-order chi connectivity index (χ1) is 12.1. The molecule has 0 saturated heterocycles. The fraction of sp³-hybridized carbons (Fsp3) is 0.263. The summed E-state index contributed by atoms with van der Waals surface area (Å²) < 4.78 is 14.1. The Kier molecular flexibility index (Phi) is 5.68. The molecule has 1 aromatic heterocycles. The van der Waals surface area contributed by atoms with Crippen LogP contribution in [0.4, 0.5) is 15.2 Å². The van der Waals surface area contributed by atoms with Crippen molar-refractivity contribution in [3.05, 3.63) is 46.7 Å². The third kappa shape index (κ3) is 4.21. The van der Waals surface area contributed by atoms with Crippen molar-refractivity contribution in [2.45, 2.75) is 27.7 Å². The molecule has 2 aromatic rings. The Hall–Kier alpha value is -2.85. The highest BCUT2D eigenvalue weighted by Crippen LogP contribution is 2.31. The van der Waals surface area contributed by atoms with E-state index in [4.69, 9.17) is 0 Å². The molecule has 0 fully saturated rings. The molecule has 0 unspecified atom stereocenters. The molecular weight excluding hydrogens is 353 g/mol. The lowest BCUT2D eigenvalue weighted by Gasteiger charge is -2.18. The number of Topliss-reactive ketones (excluding diaryl/α,β-unsaturated/α-hetero) is 1. The van der Waals surface area contributed by atoms with Crippen molar-refractivity contribution in [1.82, 2.24) is 4.98 Å². The zero-order chi connectivity index (χ0) is 19.5. The lowest BCUT2D eigenvalue weighted by molar-refractivity contribution is -0.122. The second-order valence-corrected chi connectivity index (χ2v) is 7.45. The van der Waals surface area contributed by atoms with Gasteiger partial charge in [-0.3, -0.25) is 14.5 Å². The highest BCUT2D eigenvalue weighted by molar-refractivity contribution is 7.14. The van der Waals surface area contributed by atoms with Gasteiger partial charge >= 0.3 is 0 Å². The van der Waals surface area contributed by atoms with Crippen molar-refractivity contribution >= 4 is 39.9 Å². The minimum absolute atomic E-state index is 0.0189. The molecular formula is C19H18FN3O2S. The highest BCUT2D eigenvalue weighted by Gasteiger charge is 2.26. The molecule has 7 heteroatoms. The van der Waals surface area contributed by atoms with E-state index in [0.717, 1.165) is 16.2 Å². The predicted octanol–water partition coefficient (Wildman–Crippen LogP) is 4.49. The molecule has 134 valence electrons. The second kappa shape index (κ2) is 7.58. The van der Waals surface area contributed by atoms with E-state index in [0.29, 0.717) is 5.69 Å². The first kappa shape index (κ1) is 19.5. The number of anilines is 2. The summed E-state index contributed by atoms with van der Waals surface area (Å²) in [5, 5.41) is 11.1. The van der Waals surface area contributed by atoms with Gasteiger partial charge in [0.2, 0.25) is 5.91 Å². The van der Waals surface area contributed by atoms with Crippen molar-refractivity contribution < 1.29 is 14.0 Å². The SMILES string of the molecule is CC(=O)N(c1nc(/C=C(\C#N)C(=O)C(C)(C)C)cs1)c1ccccc1F. The fourth-order valence-electron chi connectivity index (χ4n) is 2.19. The highest BCUT2D eigenvalue weighted by atomic mass is 32.1. The van der Waals surface area contributed by atoms with Crippen LogP contribution in [0.2, 0.25) is 0 Å². The molecule has 0 N–H and O–H groups in total. The summed E-state index contributed by atoms with van der Waals surface area (Å²) in [4.78, 5) is 29.8. The first-order valence-corrected chi connectivity index (χ1v) is 8.70. The van der Waals surface area contributed by atoms with Crippen LogP contribution in [0, 0.1) is 22.6 Å². The van der Waals surface area contributed by atoms with E-state index >= 15 is 0 Å². The number of hydrogen-bond acceptors (Lipinski definition) is 5. The maximum absolute atomic E-state index is 14.1. The number of aromatic nitrogens is 1. The summed E-state index contributed by atoms with van der Waals surface area (Å²) >= 11 is 1.12. The Morgan fingerprint density at radius 2 is 1.96 bits per heavy atom. The number of nitrogens with zero attached hydrogens (tertiary/aromatic N) is 3. The summed E-state index contributed by atoms with van der Waals surface area (Å²) in [5.74, 6) is -1.24. The summed E-state index contributed by atoms with van der Waals surface area (Å²) in [7, 11) is 0. The number of nitriles is 1. The smallest absolute Gasteiger partial charge is 0.230 e. The largest absolute Gasteiger partial charge is 0.293 e. The van der Waals surface area contributed by atoms with Gasteiger partial charge in [-0.1, -0.05) is 32.9 Å². The van der Waals surface area contributed by atoms with Gasteiger partial charge in [-0.25, -0.2) is 9.37 Å². The van der Waals surface area contributed by atoms with E-state index in [1.165, 1.54) is 31.2 Å². The standard InChI is InChI=1S/C19H18FN3O2S/c1-12(24)23(16-8-6-5-7-15(16)20)18-22-14(11-26-18)9-13(10-21)17(25)19(2,3)4/h5-9,11H,1-4H3/b13-9+. The van der Waals surface area contributed by atoms with Crippen LogP contribution < -0.4 is 4.90 Å². The van der Waals surface area contributed by atoms with Gasteiger partial charge in [0, 0.05) is 17.7 Å². The van der Waals surface area contributed by atoms with E-state index in [1.807, 2.05) is 6.07 Å². The number of amides is 1. The lowest BCUT2D eigenvalue weighted by Crippen LogP contribution is -2.23. The van der Waals surface area contributed by atoms with E-state index in [1.54, 1.807) is 32.2 Å². The molecule has 0 radical (unpaired) electrons. The number of carbonyl (C=O) groups excluding carboxylic acids is 2. The Balaban J connectivity index is 2.43. The van der Waals surface area contributed by atoms with E-state index in [-0.39, 0.29) is 22.2 Å². The third-order valence-corrected chi connectivity index (χ3v) is 4.29. The van der Waals surface area contributed by atoms with Gasteiger partial charge < -0.3 is 0 Å². The average Bonchev–Trinajstić information content (AvgIpc) is 3.01. The van der Waals surface area contributed by atoms with Gasteiger partial charge in [-0.05, 0) is 18.2 Å². The Labute approximate surface area is 155 Å². The van der Waals surface area contributed by atoms with Crippen molar-refractivity contribution in [1.29, 1.82) is 5.26 Å². The van der Waals surface area contributed by atoms with Crippen LogP contribution in [0.5, 0.6) is 0 Å². The van der Waals surface area contributed by atoms with E-state index in [2.05, 4.69) is 4.98 Å². The Bertz CT molecular complexity index is 919. The summed E-state index contributed by atoms with van der Waals surface area (Å²) in [6.07, 6.45) is 1.38. The molecule has 0 aliphatic heterocycles. The summed E-state index contributed by atoms with van der Waals surface area (Å²) in [6, 6.07) is 7.79. The maximum Gasteiger partial charge on any atom is 0.230 e. The predicted molar refractivity (Wildman–Crippen MR) is 99.4 cm³/mol. The van der Waals surface area contributed by atoms with Crippen molar-refractivity contribution in [3.8, 4) is 6.07 Å². The van der Waals surface area contributed by atoms with Crippen LogP contribution in [-0.4, -0.2) is 16.7 Å². The Morgan fingerprint density at radius 1 is 1.31 bits per heavy atom. The number of benzene rings is 1. The van der Waals surface area contributed by atoms with Gasteiger partial charge in [0.1, 0.15) is 11.9 Å². The summed E-state index contributed by atoms with van der Waals surface area (Å²) in [5.41, 5.74) is -0.258. The fourth-order valence-corrected chi connectivity index (χ4v) is 3.02. The van der Waals surface area contributed by atoms with Gasteiger partial charge in [-0.2, -0.15) is 5.26 Å². The average molecular weight is 371 g/mol. The van der Waals surface area contributed by atoms with E-state index in [9.17, 15) is 19.2 Å². The van der Waals surface area contributed by atoms with Crippen LogP contribution in [0.25, 0.3) is 6.08 Å². The number of allylic oxidation sites excluding steroid dienone is 1. The second-order valence-electron chi connectivity index (χ2n) is 6.61. The zero-order valence-electron chi connectivity index (χ0n) is 14.9. The molecule has 1 heterocycles.